The molecule has 6 nitrogen and oxygen atoms in total. The van der Waals surface area contributed by atoms with Crippen molar-refractivity contribution in [2.75, 3.05) is 17.7 Å². The van der Waals surface area contributed by atoms with Crippen LogP contribution in [0.1, 0.15) is 18.1 Å². The number of methoxy groups -OCH3 is 1. The summed E-state index contributed by atoms with van der Waals surface area (Å²) in [7, 11) is 1.60. The lowest BCUT2D eigenvalue weighted by atomic mass is 10.1. The fourth-order valence-electron chi connectivity index (χ4n) is 2.53. The zero-order valence-electron chi connectivity index (χ0n) is 16.1. The van der Waals surface area contributed by atoms with Crippen molar-refractivity contribution < 1.29 is 9.53 Å². The Bertz CT molecular complexity index is 974. The highest BCUT2D eigenvalue weighted by Gasteiger charge is 2.18. The van der Waals surface area contributed by atoms with Gasteiger partial charge in [0.1, 0.15) is 5.75 Å². The molecule has 0 saturated heterocycles. The second-order valence-electron chi connectivity index (χ2n) is 6.30. The molecule has 0 aliphatic heterocycles. The highest BCUT2D eigenvalue weighted by molar-refractivity contribution is 8.02. The van der Waals surface area contributed by atoms with Crippen LogP contribution >= 0.6 is 23.1 Å². The van der Waals surface area contributed by atoms with Crippen LogP contribution in [0.15, 0.2) is 46.8 Å². The quantitative estimate of drug-likeness (QED) is 0.528. The van der Waals surface area contributed by atoms with Gasteiger partial charge in [0.25, 0.3) is 0 Å². The molecule has 0 unspecified atom stereocenters. The summed E-state index contributed by atoms with van der Waals surface area (Å²) >= 11 is 2.81. The van der Waals surface area contributed by atoms with Crippen LogP contribution < -0.4 is 15.4 Å². The van der Waals surface area contributed by atoms with Gasteiger partial charge < -0.3 is 15.4 Å². The number of aromatic nitrogens is 2. The summed E-state index contributed by atoms with van der Waals surface area (Å²) in [4.78, 5) is 12.5. The number of hydrogen-bond donors (Lipinski definition) is 2. The van der Waals surface area contributed by atoms with Gasteiger partial charge >= 0.3 is 0 Å². The van der Waals surface area contributed by atoms with E-state index in [2.05, 4.69) is 46.8 Å². The number of ether oxygens (including phenoxy) is 1. The normalized spacial score (nSPS) is 11.7. The first-order valence-corrected chi connectivity index (χ1v) is 10.4. The van der Waals surface area contributed by atoms with Gasteiger partial charge in [-0.3, -0.25) is 4.79 Å². The molecule has 0 saturated carbocycles. The van der Waals surface area contributed by atoms with Crippen molar-refractivity contribution in [2.24, 2.45) is 0 Å². The molecule has 146 valence electrons. The highest BCUT2D eigenvalue weighted by Crippen LogP contribution is 2.31. The van der Waals surface area contributed by atoms with Crippen molar-refractivity contribution in [3.63, 3.8) is 0 Å². The Morgan fingerprint density at radius 3 is 2.75 bits per heavy atom. The van der Waals surface area contributed by atoms with Crippen molar-refractivity contribution in [3.8, 4) is 5.75 Å². The lowest BCUT2D eigenvalue weighted by Gasteiger charge is -2.11. The molecule has 8 heteroatoms. The number of carbonyl (C=O) groups is 1. The Morgan fingerprint density at radius 2 is 2.00 bits per heavy atom. The molecule has 3 aromatic rings. The largest absolute Gasteiger partial charge is 0.497 e. The molecule has 0 radical (unpaired) electrons. The topological polar surface area (TPSA) is 76.1 Å². The first kappa shape index (κ1) is 20.2. The van der Waals surface area contributed by atoms with E-state index in [1.165, 1.54) is 28.7 Å². The third-order valence-electron chi connectivity index (χ3n) is 4.01. The predicted molar refractivity (Wildman–Crippen MR) is 116 cm³/mol. The lowest BCUT2D eigenvalue weighted by Crippen LogP contribution is -2.22. The standard InChI is InChI=1S/C20H22N4O2S2/c1-12-8-9-17(13(2)10-12)22-19-23-24-20(28-19)27-14(3)18(25)21-15-6-5-7-16(11-15)26-4/h5-11,14H,1-4H3,(H,21,25)(H,22,23)/t14-/m1/s1. The van der Waals surface area contributed by atoms with Crippen LogP contribution in [0.2, 0.25) is 0 Å². The van der Waals surface area contributed by atoms with E-state index in [4.69, 9.17) is 4.74 Å². The van der Waals surface area contributed by atoms with E-state index in [1.54, 1.807) is 13.2 Å². The predicted octanol–water partition coefficient (Wildman–Crippen LogP) is 5.03. The van der Waals surface area contributed by atoms with E-state index in [-0.39, 0.29) is 11.2 Å². The number of anilines is 3. The Hall–Kier alpha value is -2.58. The summed E-state index contributed by atoms with van der Waals surface area (Å²) < 4.78 is 5.92. The Labute approximate surface area is 172 Å². The fourth-order valence-corrected chi connectivity index (χ4v) is 4.43. The summed E-state index contributed by atoms with van der Waals surface area (Å²) in [5.74, 6) is 0.599. The second-order valence-corrected chi connectivity index (χ2v) is 8.86. The van der Waals surface area contributed by atoms with Crippen LogP contribution in [-0.4, -0.2) is 28.5 Å². The van der Waals surface area contributed by atoms with Crippen LogP contribution in [0.3, 0.4) is 0 Å². The molecule has 0 bridgehead atoms. The fraction of sp³-hybridized carbons (Fsp3) is 0.250. The summed E-state index contributed by atoms with van der Waals surface area (Å²) in [6.07, 6.45) is 0. The zero-order chi connectivity index (χ0) is 20.1. The average Bonchev–Trinajstić information content (AvgIpc) is 3.11. The second kappa shape index (κ2) is 9.07. The third-order valence-corrected chi connectivity index (χ3v) is 6.04. The van der Waals surface area contributed by atoms with Crippen molar-refractivity contribution in [3.05, 3.63) is 53.6 Å². The first-order valence-electron chi connectivity index (χ1n) is 8.74. The minimum absolute atomic E-state index is 0.0997. The van der Waals surface area contributed by atoms with Crippen LogP contribution in [0.25, 0.3) is 0 Å². The van der Waals surface area contributed by atoms with Crippen LogP contribution in [0.5, 0.6) is 5.75 Å². The number of amides is 1. The van der Waals surface area contributed by atoms with Gasteiger partial charge in [0, 0.05) is 17.4 Å². The number of hydrogen-bond acceptors (Lipinski definition) is 7. The number of rotatable bonds is 7. The van der Waals surface area contributed by atoms with Gasteiger partial charge in [-0.25, -0.2) is 0 Å². The van der Waals surface area contributed by atoms with E-state index in [0.29, 0.717) is 16.6 Å². The number of nitrogens with zero attached hydrogens (tertiary/aromatic N) is 2. The van der Waals surface area contributed by atoms with Gasteiger partial charge in [-0.15, -0.1) is 10.2 Å². The zero-order valence-corrected chi connectivity index (χ0v) is 17.8. The number of aryl methyl sites for hydroxylation is 2. The summed E-state index contributed by atoms with van der Waals surface area (Å²) in [6, 6.07) is 13.5. The minimum atomic E-state index is -0.312. The van der Waals surface area contributed by atoms with Crippen LogP contribution in [-0.2, 0) is 4.79 Å². The summed E-state index contributed by atoms with van der Waals surface area (Å²) in [6.45, 7) is 5.96. The Balaban J connectivity index is 1.59. The molecule has 2 aromatic carbocycles. The van der Waals surface area contributed by atoms with Gasteiger partial charge in [0.15, 0.2) is 4.34 Å². The van der Waals surface area contributed by atoms with Crippen molar-refractivity contribution in [1.29, 1.82) is 0 Å². The molecule has 0 spiro atoms. The maximum Gasteiger partial charge on any atom is 0.237 e. The third kappa shape index (κ3) is 5.24. The van der Waals surface area contributed by atoms with Crippen molar-refractivity contribution >= 4 is 45.5 Å². The van der Waals surface area contributed by atoms with E-state index in [9.17, 15) is 4.79 Å². The summed E-state index contributed by atoms with van der Waals surface area (Å²) in [5, 5.41) is 14.9. The molecule has 2 N–H and O–H groups in total. The van der Waals surface area contributed by atoms with E-state index < -0.39 is 0 Å². The van der Waals surface area contributed by atoms with E-state index in [0.717, 1.165) is 15.6 Å². The van der Waals surface area contributed by atoms with Crippen molar-refractivity contribution in [2.45, 2.75) is 30.4 Å². The maximum atomic E-state index is 12.5. The summed E-state index contributed by atoms with van der Waals surface area (Å²) in [5.41, 5.74) is 4.07. The molecule has 3 rings (SSSR count). The molecule has 1 atom stereocenters. The van der Waals surface area contributed by atoms with E-state index in [1.807, 2.05) is 31.2 Å². The molecule has 28 heavy (non-hydrogen) atoms. The van der Waals surface area contributed by atoms with Gasteiger partial charge in [-0.05, 0) is 44.5 Å². The first-order chi connectivity index (χ1) is 13.4. The average molecular weight is 415 g/mol. The molecule has 1 aromatic heterocycles. The molecule has 1 heterocycles. The lowest BCUT2D eigenvalue weighted by molar-refractivity contribution is -0.115. The van der Waals surface area contributed by atoms with Crippen LogP contribution in [0, 0.1) is 13.8 Å². The van der Waals surface area contributed by atoms with Crippen molar-refractivity contribution in [1.82, 2.24) is 10.2 Å². The molecule has 1 amide bonds. The minimum Gasteiger partial charge on any atom is -0.497 e. The molecule has 0 aliphatic carbocycles. The van der Waals surface area contributed by atoms with Gasteiger partial charge in [0.05, 0.1) is 12.4 Å². The molecular formula is C20H22N4O2S2. The number of carbonyl (C=O) groups excluding carboxylic acids is 1. The number of benzene rings is 2. The maximum absolute atomic E-state index is 12.5. The molecular weight excluding hydrogens is 392 g/mol. The molecule has 0 fully saturated rings. The SMILES string of the molecule is COc1cccc(NC(=O)[C@@H](C)Sc2nnc(Nc3ccc(C)cc3C)s2)c1. The highest BCUT2D eigenvalue weighted by atomic mass is 32.2. The number of thioether (sulfide) groups is 1. The Kier molecular flexibility index (Phi) is 6.53. The van der Waals surface area contributed by atoms with Gasteiger partial charge in [0.2, 0.25) is 11.0 Å². The monoisotopic (exact) mass is 414 g/mol. The van der Waals surface area contributed by atoms with E-state index >= 15 is 0 Å². The number of nitrogens with one attached hydrogen (secondary N) is 2. The Morgan fingerprint density at radius 1 is 1.18 bits per heavy atom. The van der Waals surface area contributed by atoms with Gasteiger partial charge in [-0.1, -0.05) is 46.9 Å². The smallest absolute Gasteiger partial charge is 0.237 e. The molecule has 0 aliphatic rings. The van der Waals surface area contributed by atoms with Gasteiger partial charge in [-0.2, -0.15) is 0 Å². The van der Waals surface area contributed by atoms with Crippen LogP contribution in [0.4, 0.5) is 16.5 Å².